The van der Waals surface area contributed by atoms with Crippen molar-refractivity contribution < 1.29 is 14.6 Å². The van der Waals surface area contributed by atoms with Gasteiger partial charge in [-0.2, -0.15) is 0 Å². The zero-order chi connectivity index (χ0) is 15.3. The lowest BCUT2D eigenvalue weighted by molar-refractivity contribution is -0.0128. The molecule has 2 aliphatic carbocycles. The lowest BCUT2D eigenvalue weighted by atomic mass is 9.85. The highest BCUT2D eigenvalue weighted by molar-refractivity contribution is 5.02. The molecule has 0 amide bonds. The first-order chi connectivity index (χ1) is 10.0. The van der Waals surface area contributed by atoms with Gasteiger partial charge >= 0.3 is 0 Å². The maximum atomic E-state index is 9.89. The second-order valence-corrected chi connectivity index (χ2v) is 7.44. The fraction of sp³-hybridized carbons (Fsp3) is 1.00. The summed E-state index contributed by atoms with van der Waals surface area (Å²) >= 11 is 0. The molecular formula is C17H33NO3. The SMILES string of the molecule is COC(C)(C)CCOCCC1CCCC1(CO)NC1CC1. The van der Waals surface area contributed by atoms with E-state index in [1.54, 1.807) is 7.11 Å². The Morgan fingerprint density at radius 1 is 1.24 bits per heavy atom. The monoisotopic (exact) mass is 299 g/mol. The van der Waals surface area contributed by atoms with Crippen LogP contribution < -0.4 is 5.32 Å². The molecule has 0 saturated heterocycles. The van der Waals surface area contributed by atoms with Crippen LogP contribution in [0, 0.1) is 5.92 Å². The van der Waals surface area contributed by atoms with Gasteiger partial charge in [0.1, 0.15) is 0 Å². The van der Waals surface area contributed by atoms with Crippen LogP contribution in [-0.4, -0.2) is 49.2 Å². The average Bonchev–Trinajstić information content (AvgIpc) is 3.19. The van der Waals surface area contributed by atoms with Crippen molar-refractivity contribution in [1.29, 1.82) is 0 Å². The van der Waals surface area contributed by atoms with Crippen molar-refractivity contribution in [3.63, 3.8) is 0 Å². The summed E-state index contributed by atoms with van der Waals surface area (Å²) in [5.41, 5.74) is -0.133. The molecule has 2 fully saturated rings. The van der Waals surface area contributed by atoms with Gasteiger partial charge in [-0.25, -0.2) is 0 Å². The molecule has 0 aromatic carbocycles. The number of ether oxygens (including phenoxy) is 2. The first kappa shape index (κ1) is 17.2. The third-order valence-electron chi connectivity index (χ3n) is 5.32. The molecule has 0 bridgehead atoms. The van der Waals surface area contributed by atoms with E-state index in [2.05, 4.69) is 19.2 Å². The maximum absolute atomic E-state index is 9.89. The molecule has 0 aromatic heterocycles. The van der Waals surface area contributed by atoms with Gasteiger partial charge in [0.25, 0.3) is 0 Å². The van der Waals surface area contributed by atoms with Crippen LogP contribution in [0.4, 0.5) is 0 Å². The van der Waals surface area contributed by atoms with Crippen molar-refractivity contribution >= 4 is 0 Å². The van der Waals surface area contributed by atoms with Gasteiger partial charge < -0.3 is 19.9 Å². The largest absolute Gasteiger partial charge is 0.394 e. The lowest BCUT2D eigenvalue weighted by Gasteiger charge is -2.35. The summed E-state index contributed by atoms with van der Waals surface area (Å²) in [5.74, 6) is 0.554. The van der Waals surface area contributed by atoms with Crippen molar-refractivity contribution in [3.05, 3.63) is 0 Å². The van der Waals surface area contributed by atoms with Gasteiger partial charge in [0.2, 0.25) is 0 Å². The van der Waals surface area contributed by atoms with Crippen LogP contribution >= 0.6 is 0 Å². The molecule has 2 unspecified atom stereocenters. The molecule has 2 atom stereocenters. The van der Waals surface area contributed by atoms with Gasteiger partial charge in [-0.3, -0.25) is 0 Å². The van der Waals surface area contributed by atoms with Crippen LogP contribution in [0.1, 0.15) is 58.8 Å². The fourth-order valence-corrected chi connectivity index (χ4v) is 3.39. The van der Waals surface area contributed by atoms with Crippen molar-refractivity contribution in [2.24, 2.45) is 5.92 Å². The van der Waals surface area contributed by atoms with Crippen LogP contribution in [0.25, 0.3) is 0 Å². The van der Waals surface area contributed by atoms with Gasteiger partial charge in [-0.05, 0) is 58.3 Å². The first-order valence-corrected chi connectivity index (χ1v) is 8.53. The summed E-state index contributed by atoms with van der Waals surface area (Å²) < 4.78 is 11.2. The van der Waals surface area contributed by atoms with E-state index in [-0.39, 0.29) is 17.7 Å². The molecule has 0 radical (unpaired) electrons. The molecular weight excluding hydrogens is 266 g/mol. The molecule has 2 N–H and O–H groups in total. The minimum Gasteiger partial charge on any atom is -0.394 e. The van der Waals surface area contributed by atoms with Gasteiger partial charge in [0, 0.05) is 31.9 Å². The number of nitrogens with one attached hydrogen (secondary N) is 1. The molecule has 21 heavy (non-hydrogen) atoms. The number of hydrogen-bond donors (Lipinski definition) is 2. The highest BCUT2D eigenvalue weighted by Gasteiger charge is 2.44. The minimum absolute atomic E-state index is 0.0314. The molecule has 0 spiro atoms. The Bertz CT molecular complexity index is 317. The summed E-state index contributed by atoms with van der Waals surface area (Å²) in [6.45, 7) is 5.98. The van der Waals surface area contributed by atoms with Gasteiger partial charge in [0.15, 0.2) is 0 Å². The molecule has 4 nitrogen and oxygen atoms in total. The van der Waals surface area contributed by atoms with E-state index < -0.39 is 0 Å². The second-order valence-electron chi connectivity index (χ2n) is 7.44. The van der Waals surface area contributed by atoms with Crippen LogP contribution in [0.15, 0.2) is 0 Å². The average molecular weight is 299 g/mol. The summed E-state index contributed by atoms with van der Waals surface area (Å²) in [6, 6.07) is 0.654. The summed E-state index contributed by atoms with van der Waals surface area (Å²) in [6.07, 6.45) is 8.07. The van der Waals surface area contributed by atoms with E-state index in [4.69, 9.17) is 9.47 Å². The van der Waals surface area contributed by atoms with E-state index in [1.165, 1.54) is 25.7 Å². The summed E-state index contributed by atoms with van der Waals surface area (Å²) in [4.78, 5) is 0. The maximum Gasteiger partial charge on any atom is 0.0644 e. The topological polar surface area (TPSA) is 50.7 Å². The Balaban J connectivity index is 1.69. The molecule has 0 heterocycles. The van der Waals surface area contributed by atoms with Gasteiger partial charge in [-0.1, -0.05) is 6.42 Å². The zero-order valence-corrected chi connectivity index (χ0v) is 14.0. The Morgan fingerprint density at radius 2 is 2.00 bits per heavy atom. The number of methoxy groups -OCH3 is 1. The number of hydrogen-bond acceptors (Lipinski definition) is 4. The molecule has 0 aromatic rings. The van der Waals surface area contributed by atoms with Crippen LogP contribution in [0.5, 0.6) is 0 Å². The van der Waals surface area contributed by atoms with E-state index in [9.17, 15) is 5.11 Å². The predicted octanol–water partition coefficient (Wildman–Crippen LogP) is 2.49. The quantitative estimate of drug-likeness (QED) is 0.609. The van der Waals surface area contributed by atoms with E-state index in [1.807, 2.05) is 0 Å². The molecule has 0 aliphatic heterocycles. The molecule has 2 aliphatic rings. The second kappa shape index (κ2) is 7.40. The van der Waals surface area contributed by atoms with E-state index in [0.29, 0.717) is 12.0 Å². The Labute approximate surface area is 129 Å². The Hall–Kier alpha value is -0.160. The molecule has 2 saturated carbocycles. The number of aliphatic hydroxyl groups excluding tert-OH is 1. The third kappa shape index (κ3) is 4.92. The Morgan fingerprint density at radius 3 is 2.62 bits per heavy atom. The fourth-order valence-electron chi connectivity index (χ4n) is 3.39. The highest BCUT2D eigenvalue weighted by Crippen LogP contribution is 2.40. The van der Waals surface area contributed by atoms with Crippen LogP contribution in [-0.2, 0) is 9.47 Å². The smallest absolute Gasteiger partial charge is 0.0644 e. The van der Waals surface area contributed by atoms with Gasteiger partial charge in [-0.15, -0.1) is 0 Å². The van der Waals surface area contributed by atoms with Crippen molar-refractivity contribution in [1.82, 2.24) is 5.32 Å². The van der Waals surface area contributed by atoms with E-state index >= 15 is 0 Å². The highest BCUT2D eigenvalue weighted by atomic mass is 16.5. The third-order valence-corrected chi connectivity index (χ3v) is 5.32. The minimum atomic E-state index is -0.101. The van der Waals surface area contributed by atoms with Crippen molar-refractivity contribution in [2.45, 2.75) is 76.0 Å². The molecule has 4 heteroatoms. The molecule has 2 rings (SSSR count). The van der Waals surface area contributed by atoms with Crippen LogP contribution in [0.3, 0.4) is 0 Å². The van der Waals surface area contributed by atoms with Crippen molar-refractivity contribution in [3.8, 4) is 0 Å². The lowest BCUT2D eigenvalue weighted by Crippen LogP contribution is -2.52. The Kier molecular flexibility index (Phi) is 6.06. The summed E-state index contributed by atoms with van der Waals surface area (Å²) in [7, 11) is 1.75. The first-order valence-electron chi connectivity index (χ1n) is 8.53. The normalized spacial score (nSPS) is 30.0. The number of rotatable bonds is 10. The predicted molar refractivity (Wildman–Crippen MR) is 84.5 cm³/mol. The van der Waals surface area contributed by atoms with E-state index in [0.717, 1.165) is 32.5 Å². The number of aliphatic hydroxyl groups is 1. The van der Waals surface area contributed by atoms with Gasteiger partial charge in [0.05, 0.1) is 12.2 Å². The summed E-state index contributed by atoms with van der Waals surface area (Å²) in [5, 5.41) is 13.6. The standard InChI is InChI=1S/C17H33NO3/c1-16(2,20-3)10-12-21-11-8-14-5-4-9-17(14,13-19)18-15-6-7-15/h14-15,18-19H,4-13H2,1-3H3. The van der Waals surface area contributed by atoms with Crippen LogP contribution in [0.2, 0.25) is 0 Å². The zero-order valence-electron chi connectivity index (χ0n) is 14.0. The van der Waals surface area contributed by atoms with Crippen molar-refractivity contribution in [2.75, 3.05) is 26.9 Å². The molecule has 124 valence electrons.